The number of aliphatic hydroxyl groups is 1. The Kier molecular flexibility index (Phi) is 10.2. The third kappa shape index (κ3) is 6.91. The number of carbonyl (C=O) groups is 2. The summed E-state index contributed by atoms with van der Waals surface area (Å²) in [6.45, 7) is 3.57. The van der Waals surface area contributed by atoms with Gasteiger partial charge in [0.1, 0.15) is 0 Å². The van der Waals surface area contributed by atoms with Crippen molar-refractivity contribution in [3.05, 3.63) is 88.7 Å². The van der Waals surface area contributed by atoms with E-state index in [4.69, 9.17) is 9.84 Å². The largest absolute Gasteiger partial charge is 0.494 e. The molecule has 3 aromatic carbocycles. The minimum Gasteiger partial charge on any atom is -0.494 e. The molecule has 3 aromatic rings. The lowest BCUT2D eigenvalue weighted by molar-refractivity contribution is -0.0565. The number of halogens is 1. The molecule has 1 aliphatic rings. The second kappa shape index (κ2) is 13.8. The van der Waals surface area contributed by atoms with Gasteiger partial charge in [0.25, 0.3) is 5.91 Å². The van der Waals surface area contributed by atoms with Crippen LogP contribution < -0.4 is 15.4 Å². The summed E-state index contributed by atoms with van der Waals surface area (Å²) in [7, 11) is 3.27. The summed E-state index contributed by atoms with van der Waals surface area (Å²) in [5, 5.41) is 27.2. The molecule has 0 unspecified atom stereocenters. The fraction of sp³-hybridized carbons (Fsp3) is 0.394. The van der Waals surface area contributed by atoms with Crippen molar-refractivity contribution in [2.75, 3.05) is 33.8 Å². The number of aryl methyl sites for hydroxylation is 1. The molecule has 0 spiro atoms. The van der Waals surface area contributed by atoms with Crippen molar-refractivity contribution in [2.45, 2.75) is 44.8 Å². The molecule has 1 aliphatic heterocycles. The van der Waals surface area contributed by atoms with E-state index >= 15 is 4.39 Å². The van der Waals surface area contributed by atoms with E-state index in [9.17, 15) is 14.7 Å². The molecule has 4 rings (SSSR count). The van der Waals surface area contributed by atoms with Gasteiger partial charge in [-0.15, -0.1) is 0 Å². The van der Waals surface area contributed by atoms with Gasteiger partial charge in [-0.1, -0.05) is 48.0 Å². The number of ether oxygens (including phenoxy) is 1. The first-order valence-corrected chi connectivity index (χ1v) is 14.3. The van der Waals surface area contributed by atoms with Crippen LogP contribution in [0.25, 0.3) is 11.1 Å². The van der Waals surface area contributed by atoms with Crippen LogP contribution in [0.2, 0.25) is 0 Å². The first-order valence-electron chi connectivity index (χ1n) is 14.3. The van der Waals surface area contributed by atoms with Crippen LogP contribution in [0.1, 0.15) is 52.7 Å². The quantitative estimate of drug-likeness (QED) is 0.230. The molecule has 2 atom stereocenters. The van der Waals surface area contributed by atoms with E-state index in [0.29, 0.717) is 49.0 Å². The molecular weight excluding hydrogens is 537 g/mol. The summed E-state index contributed by atoms with van der Waals surface area (Å²) < 4.78 is 21.4. The molecule has 2 amide bonds. The second-order valence-corrected chi connectivity index (χ2v) is 11.0. The Balaban J connectivity index is 1.73. The van der Waals surface area contributed by atoms with Gasteiger partial charge in [-0.2, -0.15) is 0 Å². The number of methoxy groups -OCH3 is 1. The van der Waals surface area contributed by atoms with Crippen molar-refractivity contribution < 1.29 is 28.9 Å². The van der Waals surface area contributed by atoms with E-state index in [1.165, 1.54) is 13.2 Å². The molecule has 8 nitrogen and oxygen atoms in total. The molecule has 0 aromatic heterocycles. The highest BCUT2D eigenvalue weighted by Crippen LogP contribution is 2.46. The van der Waals surface area contributed by atoms with E-state index in [-0.39, 0.29) is 36.7 Å². The molecule has 224 valence electrons. The lowest BCUT2D eigenvalue weighted by Crippen LogP contribution is -2.48. The maximum absolute atomic E-state index is 16.1. The smallest absolute Gasteiger partial charge is 0.404 e. The van der Waals surface area contributed by atoms with Gasteiger partial charge in [-0.25, -0.2) is 9.18 Å². The molecule has 4 N–H and O–H groups in total. The Morgan fingerprint density at radius 3 is 2.57 bits per heavy atom. The number of carbonyl (C=O) groups excluding carboxylic acids is 1. The van der Waals surface area contributed by atoms with Gasteiger partial charge in [0.15, 0.2) is 11.6 Å². The van der Waals surface area contributed by atoms with E-state index in [0.717, 1.165) is 11.1 Å². The van der Waals surface area contributed by atoms with E-state index in [1.807, 2.05) is 56.4 Å². The number of rotatable bonds is 11. The predicted molar refractivity (Wildman–Crippen MR) is 160 cm³/mol. The average molecular weight is 578 g/mol. The van der Waals surface area contributed by atoms with Crippen molar-refractivity contribution in [1.82, 2.24) is 15.5 Å². The Bertz CT molecular complexity index is 1400. The Labute approximate surface area is 246 Å². The molecule has 0 bridgehead atoms. The van der Waals surface area contributed by atoms with Crippen LogP contribution >= 0.6 is 0 Å². The molecule has 0 aliphatic carbocycles. The number of amides is 2. The van der Waals surface area contributed by atoms with Crippen molar-refractivity contribution in [3.8, 4) is 16.9 Å². The monoisotopic (exact) mass is 577 g/mol. The molecule has 0 radical (unpaired) electrons. The molecular formula is C33H40FN3O5. The Morgan fingerprint density at radius 1 is 1.14 bits per heavy atom. The van der Waals surface area contributed by atoms with Gasteiger partial charge in [-0.05, 0) is 74.5 Å². The summed E-state index contributed by atoms with van der Waals surface area (Å²) in [5.74, 6) is -1.05. The minimum absolute atomic E-state index is 0.0623. The van der Waals surface area contributed by atoms with Crippen LogP contribution in [-0.4, -0.2) is 60.9 Å². The number of hydrogen-bond donors (Lipinski definition) is 4. The zero-order valence-electron chi connectivity index (χ0n) is 24.5. The van der Waals surface area contributed by atoms with Crippen LogP contribution in [-0.2, 0) is 12.1 Å². The van der Waals surface area contributed by atoms with Crippen molar-refractivity contribution in [3.63, 3.8) is 0 Å². The number of benzene rings is 3. The summed E-state index contributed by atoms with van der Waals surface area (Å²) >= 11 is 0. The van der Waals surface area contributed by atoms with Gasteiger partial charge >= 0.3 is 6.09 Å². The van der Waals surface area contributed by atoms with Gasteiger partial charge < -0.3 is 30.5 Å². The van der Waals surface area contributed by atoms with Gasteiger partial charge in [0.2, 0.25) is 0 Å². The number of likely N-dealkylation sites (tertiary alicyclic amines) is 1. The maximum atomic E-state index is 16.1. The molecule has 1 heterocycles. The predicted octanol–water partition coefficient (Wildman–Crippen LogP) is 5.32. The highest BCUT2D eigenvalue weighted by Gasteiger charge is 2.43. The topological polar surface area (TPSA) is 111 Å². The highest BCUT2D eigenvalue weighted by molar-refractivity contribution is 5.94. The molecule has 9 heteroatoms. The zero-order valence-corrected chi connectivity index (χ0v) is 24.5. The normalized spacial score (nSPS) is 16.5. The minimum atomic E-state index is -1.55. The molecule has 1 saturated heterocycles. The van der Waals surface area contributed by atoms with Crippen molar-refractivity contribution in [2.24, 2.45) is 5.92 Å². The second-order valence-electron chi connectivity index (χ2n) is 11.0. The van der Waals surface area contributed by atoms with Crippen LogP contribution in [0, 0.1) is 18.7 Å². The number of hydrogen-bond acceptors (Lipinski definition) is 5. The molecule has 42 heavy (non-hydrogen) atoms. The van der Waals surface area contributed by atoms with Crippen molar-refractivity contribution >= 4 is 12.0 Å². The molecule has 0 saturated carbocycles. The summed E-state index contributed by atoms with van der Waals surface area (Å²) in [6.07, 6.45) is 0.631. The maximum Gasteiger partial charge on any atom is 0.404 e. The van der Waals surface area contributed by atoms with Gasteiger partial charge in [-0.3, -0.25) is 4.79 Å². The van der Waals surface area contributed by atoms with Crippen LogP contribution in [0.15, 0.2) is 60.7 Å². The van der Waals surface area contributed by atoms with E-state index in [2.05, 4.69) is 10.6 Å². The first-order chi connectivity index (χ1) is 20.2. The Hall–Kier alpha value is -3.95. The fourth-order valence-electron chi connectivity index (χ4n) is 5.97. The highest BCUT2D eigenvalue weighted by atomic mass is 19.1. The third-order valence-electron chi connectivity index (χ3n) is 8.08. The SMILES string of the molecule is CNCc1ccc(C(=O)N2CCC[C@@H]([C@@](O)(CCCNC(=O)O)c3ccc(OC)c(F)c3-c3cccc(C)c3)C2)cc1. The summed E-state index contributed by atoms with van der Waals surface area (Å²) in [5.41, 5.74) is 2.27. The summed E-state index contributed by atoms with van der Waals surface area (Å²) in [4.78, 5) is 26.4. The van der Waals surface area contributed by atoms with Crippen LogP contribution in [0.5, 0.6) is 5.75 Å². The third-order valence-corrected chi connectivity index (χ3v) is 8.08. The van der Waals surface area contributed by atoms with Gasteiger partial charge in [0, 0.05) is 43.2 Å². The first kappa shape index (κ1) is 31.0. The fourth-order valence-corrected chi connectivity index (χ4v) is 5.97. The number of carboxylic acid groups (broad SMARTS) is 1. The van der Waals surface area contributed by atoms with Gasteiger partial charge in [0.05, 0.1) is 12.7 Å². The number of nitrogens with one attached hydrogen (secondary N) is 2. The van der Waals surface area contributed by atoms with Crippen LogP contribution in [0.4, 0.5) is 9.18 Å². The van der Waals surface area contributed by atoms with E-state index < -0.39 is 23.4 Å². The lowest BCUT2D eigenvalue weighted by Gasteiger charge is -2.44. The average Bonchev–Trinajstić information content (AvgIpc) is 2.99. The summed E-state index contributed by atoms with van der Waals surface area (Å²) in [6, 6.07) is 18.1. The Morgan fingerprint density at radius 2 is 1.90 bits per heavy atom. The number of piperidine rings is 1. The van der Waals surface area contributed by atoms with Crippen molar-refractivity contribution in [1.29, 1.82) is 0 Å². The standard InChI is InChI=1S/C33H40FN3O5/c1-22-7-4-8-25(19-22)29-27(14-15-28(42-3)30(29)34)33(41,16-6-17-36-32(39)40)26-9-5-18-37(21-26)31(38)24-12-10-23(11-13-24)20-35-2/h4,7-8,10-15,19,26,35-36,41H,5-6,9,16-18,20-21H2,1-3H3,(H,39,40)/t26-,33+/m1/s1. The van der Waals surface area contributed by atoms with Crippen LogP contribution in [0.3, 0.4) is 0 Å². The van der Waals surface area contributed by atoms with E-state index in [1.54, 1.807) is 17.0 Å². The molecule has 1 fully saturated rings. The zero-order chi connectivity index (χ0) is 30.3. The lowest BCUT2D eigenvalue weighted by atomic mass is 9.72. The number of nitrogens with zero attached hydrogens (tertiary/aromatic N) is 1.